The number of rotatable bonds is 5. The van der Waals surface area contributed by atoms with E-state index >= 15 is 0 Å². The van der Waals surface area contributed by atoms with Crippen molar-refractivity contribution in [3.8, 4) is 5.75 Å². The van der Waals surface area contributed by atoms with Crippen LogP contribution < -0.4 is 10.5 Å². The molecule has 7 heteroatoms. The van der Waals surface area contributed by atoms with E-state index in [1.165, 1.54) is 0 Å². The van der Waals surface area contributed by atoms with Gasteiger partial charge in [-0.2, -0.15) is 8.78 Å². The molecular weight excluding hydrogens is 251 g/mol. The molecule has 0 heterocycles. The normalized spacial score (nSPS) is 10.5. The van der Waals surface area contributed by atoms with Gasteiger partial charge in [-0.15, -0.1) is 0 Å². The van der Waals surface area contributed by atoms with E-state index < -0.39 is 24.8 Å². The molecule has 0 fully saturated rings. The van der Waals surface area contributed by atoms with Crippen LogP contribution in [0.3, 0.4) is 0 Å². The zero-order chi connectivity index (χ0) is 13.7. The van der Waals surface area contributed by atoms with Crippen molar-refractivity contribution in [3.05, 3.63) is 23.5 Å². The molecule has 0 radical (unpaired) electrons. The number of anilines is 1. The van der Waals surface area contributed by atoms with Gasteiger partial charge in [0.25, 0.3) is 0 Å². The number of hydrogen-bond acceptors (Lipinski definition) is 4. The number of nitrogens with two attached hydrogens (primary N) is 1. The van der Waals surface area contributed by atoms with Crippen molar-refractivity contribution in [1.29, 1.82) is 0 Å². The van der Waals surface area contributed by atoms with Crippen molar-refractivity contribution in [2.24, 2.45) is 0 Å². The molecule has 100 valence electrons. The van der Waals surface area contributed by atoms with E-state index in [4.69, 9.17) is 5.73 Å². The van der Waals surface area contributed by atoms with Crippen molar-refractivity contribution in [2.45, 2.75) is 20.0 Å². The Bertz CT molecular complexity index is 438. The molecule has 0 bridgehead atoms. The largest absolute Gasteiger partial charge is 0.466 e. The molecule has 0 aromatic heterocycles. The Kier molecular flexibility index (Phi) is 4.82. The summed E-state index contributed by atoms with van der Waals surface area (Å²) in [6.07, 6.45) is -0.399. The highest BCUT2D eigenvalue weighted by Crippen LogP contribution is 2.25. The van der Waals surface area contributed by atoms with Crippen LogP contribution in [0.25, 0.3) is 0 Å². The van der Waals surface area contributed by atoms with Crippen LogP contribution in [0.5, 0.6) is 5.75 Å². The lowest BCUT2D eigenvalue weighted by molar-refractivity contribution is -0.142. The van der Waals surface area contributed by atoms with Crippen LogP contribution in [-0.4, -0.2) is 19.2 Å². The second kappa shape index (κ2) is 6.13. The third kappa shape index (κ3) is 3.83. The fraction of sp³-hybridized carbons (Fsp3) is 0.364. The third-order valence-electron chi connectivity index (χ3n) is 2.01. The number of carbonyl (C=O) groups is 1. The molecule has 1 aromatic rings. The van der Waals surface area contributed by atoms with Crippen LogP contribution in [0.15, 0.2) is 12.1 Å². The Labute approximate surface area is 101 Å². The standard InChI is InChI=1S/C11H12F3NO3/c1-2-17-9(16)4-6-3-7(18-11(13)14)5-8(15)10(6)12/h3,5,11H,2,4,15H2,1H3. The minimum atomic E-state index is -3.05. The first-order chi connectivity index (χ1) is 8.43. The zero-order valence-electron chi connectivity index (χ0n) is 9.58. The van der Waals surface area contributed by atoms with Gasteiger partial charge < -0.3 is 15.2 Å². The highest BCUT2D eigenvalue weighted by Gasteiger charge is 2.15. The average Bonchev–Trinajstić information content (AvgIpc) is 2.24. The fourth-order valence-corrected chi connectivity index (χ4v) is 1.35. The first kappa shape index (κ1) is 14.1. The van der Waals surface area contributed by atoms with Crippen molar-refractivity contribution >= 4 is 11.7 Å². The summed E-state index contributed by atoms with van der Waals surface area (Å²) in [5.74, 6) is -1.82. The lowest BCUT2D eigenvalue weighted by atomic mass is 10.1. The van der Waals surface area contributed by atoms with Crippen molar-refractivity contribution in [1.82, 2.24) is 0 Å². The smallest absolute Gasteiger partial charge is 0.387 e. The van der Waals surface area contributed by atoms with Crippen molar-refractivity contribution in [3.63, 3.8) is 0 Å². The summed E-state index contributed by atoms with van der Waals surface area (Å²) in [6, 6.07) is 1.92. The van der Waals surface area contributed by atoms with Crippen LogP contribution in [-0.2, 0) is 16.0 Å². The second-order valence-electron chi connectivity index (χ2n) is 3.35. The Morgan fingerprint density at radius 3 is 2.67 bits per heavy atom. The van der Waals surface area contributed by atoms with E-state index in [-0.39, 0.29) is 23.6 Å². The molecule has 0 atom stereocenters. The summed E-state index contributed by atoms with van der Waals surface area (Å²) in [5.41, 5.74) is 4.78. The molecule has 0 unspecified atom stereocenters. The fourth-order valence-electron chi connectivity index (χ4n) is 1.35. The minimum absolute atomic E-state index is 0.142. The molecular formula is C11H12F3NO3. The lowest BCUT2D eigenvalue weighted by Crippen LogP contribution is -2.11. The van der Waals surface area contributed by atoms with Gasteiger partial charge in [0.1, 0.15) is 11.6 Å². The van der Waals surface area contributed by atoms with Gasteiger partial charge in [0.2, 0.25) is 0 Å². The highest BCUT2D eigenvalue weighted by atomic mass is 19.3. The van der Waals surface area contributed by atoms with Gasteiger partial charge in [0.15, 0.2) is 0 Å². The Morgan fingerprint density at radius 2 is 2.11 bits per heavy atom. The monoisotopic (exact) mass is 263 g/mol. The molecule has 0 aliphatic rings. The van der Waals surface area contributed by atoms with Gasteiger partial charge in [-0.1, -0.05) is 0 Å². The van der Waals surface area contributed by atoms with Crippen molar-refractivity contribution < 1.29 is 27.4 Å². The summed E-state index contributed by atoms with van der Waals surface area (Å²) in [5, 5.41) is 0. The molecule has 18 heavy (non-hydrogen) atoms. The van der Waals surface area contributed by atoms with Gasteiger partial charge >= 0.3 is 12.6 Å². The topological polar surface area (TPSA) is 61.5 Å². The predicted molar refractivity (Wildman–Crippen MR) is 57.8 cm³/mol. The Balaban J connectivity index is 2.95. The molecule has 0 aliphatic carbocycles. The van der Waals surface area contributed by atoms with Gasteiger partial charge in [-0.3, -0.25) is 4.79 Å². The van der Waals surface area contributed by atoms with Gasteiger partial charge in [0.05, 0.1) is 18.7 Å². The van der Waals surface area contributed by atoms with E-state index in [1.807, 2.05) is 0 Å². The molecule has 1 rings (SSSR count). The van der Waals surface area contributed by atoms with E-state index in [1.54, 1.807) is 6.92 Å². The maximum Gasteiger partial charge on any atom is 0.387 e. The summed E-state index contributed by atoms with van der Waals surface area (Å²) in [6.45, 7) is -1.31. The van der Waals surface area contributed by atoms with Gasteiger partial charge in [0, 0.05) is 11.6 Å². The number of benzene rings is 1. The van der Waals surface area contributed by atoms with Crippen molar-refractivity contribution in [2.75, 3.05) is 12.3 Å². The number of alkyl halides is 2. The summed E-state index contributed by atoms with van der Waals surface area (Å²) >= 11 is 0. The maximum atomic E-state index is 13.5. The number of nitrogen functional groups attached to an aromatic ring is 1. The van der Waals surface area contributed by atoms with Crippen LogP contribution >= 0.6 is 0 Å². The van der Waals surface area contributed by atoms with E-state index in [0.29, 0.717) is 0 Å². The number of halogens is 3. The number of ether oxygens (including phenoxy) is 2. The SMILES string of the molecule is CCOC(=O)Cc1cc(OC(F)F)cc(N)c1F. The van der Waals surface area contributed by atoms with Gasteiger partial charge in [-0.25, -0.2) is 4.39 Å². The molecule has 2 N–H and O–H groups in total. The summed E-state index contributed by atoms with van der Waals surface area (Å²) < 4.78 is 46.3. The zero-order valence-corrected chi connectivity index (χ0v) is 9.58. The Morgan fingerprint density at radius 1 is 1.44 bits per heavy atom. The van der Waals surface area contributed by atoms with E-state index in [0.717, 1.165) is 12.1 Å². The van der Waals surface area contributed by atoms with E-state index in [9.17, 15) is 18.0 Å². The number of carbonyl (C=O) groups excluding carboxylic acids is 1. The molecule has 1 aromatic carbocycles. The molecule has 0 amide bonds. The summed E-state index contributed by atoms with van der Waals surface area (Å²) in [7, 11) is 0. The first-order valence-corrected chi connectivity index (χ1v) is 5.12. The third-order valence-corrected chi connectivity index (χ3v) is 2.01. The lowest BCUT2D eigenvalue weighted by Gasteiger charge is -2.10. The van der Waals surface area contributed by atoms with Gasteiger partial charge in [-0.05, 0) is 13.0 Å². The second-order valence-corrected chi connectivity index (χ2v) is 3.35. The minimum Gasteiger partial charge on any atom is -0.466 e. The highest BCUT2D eigenvalue weighted by molar-refractivity contribution is 5.73. The predicted octanol–water partition coefficient (Wildman–Crippen LogP) is 2.11. The number of hydrogen-bond donors (Lipinski definition) is 1. The van der Waals surface area contributed by atoms with Crippen LogP contribution in [0.2, 0.25) is 0 Å². The molecule has 0 aliphatic heterocycles. The first-order valence-electron chi connectivity index (χ1n) is 5.12. The molecule has 0 spiro atoms. The Hall–Kier alpha value is -1.92. The molecule has 4 nitrogen and oxygen atoms in total. The molecule has 0 saturated heterocycles. The van der Waals surface area contributed by atoms with Crippen LogP contribution in [0.1, 0.15) is 12.5 Å². The van der Waals surface area contributed by atoms with Crippen LogP contribution in [0.4, 0.5) is 18.9 Å². The van der Waals surface area contributed by atoms with Crippen LogP contribution in [0, 0.1) is 5.82 Å². The average molecular weight is 263 g/mol. The number of esters is 1. The quantitative estimate of drug-likeness (QED) is 0.653. The van der Waals surface area contributed by atoms with E-state index in [2.05, 4.69) is 9.47 Å². The summed E-state index contributed by atoms with van der Waals surface area (Å²) in [4.78, 5) is 11.2. The molecule has 0 saturated carbocycles. The maximum absolute atomic E-state index is 13.5.